The summed E-state index contributed by atoms with van der Waals surface area (Å²) < 4.78 is 15.5. The summed E-state index contributed by atoms with van der Waals surface area (Å²) in [6, 6.07) is 0. The van der Waals surface area contributed by atoms with Crippen molar-refractivity contribution in [1.29, 1.82) is 0 Å². The van der Waals surface area contributed by atoms with Crippen molar-refractivity contribution in [2.24, 2.45) is 45.3 Å². The van der Waals surface area contributed by atoms with Gasteiger partial charge in [0, 0.05) is 17.3 Å². The van der Waals surface area contributed by atoms with E-state index in [1.807, 2.05) is 20.8 Å². The van der Waals surface area contributed by atoms with Crippen molar-refractivity contribution in [3.05, 3.63) is 11.6 Å². The molecule has 0 bridgehead atoms. The molecular formula is C24H33FO6. The van der Waals surface area contributed by atoms with Gasteiger partial charge in [0.05, 0.1) is 6.10 Å². The second kappa shape index (κ2) is 5.85. The van der Waals surface area contributed by atoms with Crippen LogP contribution in [0.25, 0.3) is 0 Å². The molecule has 0 aliphatic heterocycles. The maximum atomic E-state index is 15.5. The molecule has 0 radical (unpaired) electrons. The number of halogens is 1. The highest BCUT2D eigenvalue weighted by atomic mass is 19.1. The van der Waals surface area contributed by atoms with Gasteiger partial charge >= 0.3 is 0 Å². The minimum atomic E-state index is -2.58. The molecule has 4 N–H and O–H groups in total. The van der Waals surface area contributed by atoms with Gasteiger partial charge in [-0.05, 0) is 65.4 Å². The lowest BCUT2D eigenvalue weighted by Crippen LogP contribution is -2.63. The van der Waals surface area contributed by atoms with E-state index in [-0.39, 0.29) is 47.4 Å². The van der Waals surface area contributed by atoms with E-state index in [2.05, 4.69) is 0 Å². The number of hydrogen-bond donors (Lipinski definition) is 4. The molecular weight excluding hydrogens is 403 g/mol. The molecule has 0 unspecified atom stereocenters. The fourth-order valence-electron chi connectivity index (χ4n) is 9.79. The van der Waals surface area contributed by atoms with E-state index in [1.165, 1.54) is 0 Å². The van der Waals surface area contributed by atoms with E-state index >= 15 is 4.39 Å². The minimum Gasteiger partial charge on any atom is -0.393 e. The van der Waals surface area contributed by atoms with Gasteiger partial charge < -0.3 is 20.4 Å². The lowest BCUT2D eigenvalue weighted by atomic mass is 9.43. The van der Waals surface area contributed by atoms with Crippen molar-refractivity contribution in [2.75, 3.05) is 6.61 Å². The Labute approximate surface area is 181 Å². The topological polar surface area (TPSA) is 115 Å². The van der Waals surface area contributed by atoms with Gasteiger partial charge in [-0.3, -0.25) is 9.59 Å². The third-order valence-electron chi connectivity index (χ3n) is 10.7. The zero-order valence-electron chi connectivity index (χ0n) is 18.6. The monoisotopic (exact) mass is 436 g/mol. The molecule has 31 heavy (non-hydrogen) atoms. The largest absolute Gasteiger partial charge is 0.393 e. The van der Waals surface area contributed by atoms with Crippen LogP contribution in [0, 0.1) is 45.3 Å². The number of carbonyl (C=O) groups is 2. The molecule has 6 nitrogen and oxygen atoms in total. The van der Waals surface area contributed by atoms with E-state index in [0.29, 0.717) is 6.42 Å². The number of Topliss-reactive ketones (excluding diaryl/α,β-unsaturated/α-hetero) is 1. The van der Waals surface area contributed by atoms with E-state index in [1.54, 1.807) is 6.92 Å². The lowest BCUT2D eigenvalue weighted by Gasteiger charge is -2.62. The standard InChI is InChI=1S/C24H33FO6/c1-20(2)16-6-12-11-5-14(25)13-7-17(28)23(30,31)10-21(13,3)19(11)15(27)8-22(12,4)24(16,20)18(29)9-26/h7,11-12,14-16,19,26-27,30-31H,5-6,8-10H2,1-4H3/t11-,12-,14-,15-,16-,19+,21-,22-,24+/m0/s1. The number of ketones is 2. The predicted octanol–water partition coefficient (Wildman–Crippen LogP) is 1.54. The average molecular weight is 437 g/mol. The maximum Gasteiger partial charge on any atom is 0.228 e. The van der Waals surface area contributed by atoms with E-state index in [0.717, 1.165) is 12.5 Å². The first-order valence-electron chi connectivity index (χ1n) is 11.4. The van der Waals surface area contributed by atoms with E-state index < -0.39 is 52.6 Å². The molecule has 7 heteroatoms. The Morgan fingerprint density at radius 3 is 2.45 bits per heavy atom. The van der Waals surface area contributed by atoms with Crippen LogP contribution in [0.4, 0.5) is 4.39 Å². The number of hydrogen-bond acceptors (Lipinski definition) is 6. The zero-order valence-corrected chi connectivity index (χ0v) is 18.6. The summed E-state index contributed by atoms with van der Waals surface area (Å²) in [5, 5.41) is 41.8. The van der Waals surface area contributed by atoms with Crippen molar-refractivity contribution in [3.8, 4) is 0 Å². The summed E-state index contributed by atoms with van der Waals surface area (Å²) in [6.45, 7) is 7.31. The molecule has 5 aliphatic rings. The van der Waals surface area contributed by atoms with Crippen LogP contribution in [0.1, 0.15) is 53.4 Å². The quantitative estimate of drug-likeness (QED) is 0.488. The molecule has 5 rings (SSSR count). The minimum absolute atomic E-state index is 0.0181. The Kier molecular flexibility index (Phi) is 4.09. The molecule has 0 amide bonds. The molecule has 172 valence electrons. The van der Waals surface area contributed by atoms with Crippen molar-refractivity contribution >= 4 is 11.6 Å². The maximum absolute atomic E-state index is 15.5. The molecule has 0 aromatic rings. The van der Waals surface area contributed by atoms with Gasteiger partial charge in [0.2, 0.25) is 11.6 Å². The first-order valence-corrected chi connectivity index (χ1v) is 11.4. The first kappa shape index (κ1) is 21.7. The van der Waals surface area contributed by atoms with Crippen molar-refractivity contribution in [1.82, 2.24) is 0 Å². The Balaban J connectivity index is 1.61. The molecule has 5 aliphatic carbocycles. The summed E-state index contributed by atoms with van der Waals surface area (Å²) in [5.41, 5.74) is -2.39. The Morgan fingerprint density at radius 1 is 1.19 bits per heavy atom. The molecule has 0 heterocycles. The first-order chi connectivity index (χ1) is 14.2. The van der Waals surface area contributed by atoms with Crippen molar-refractivity contribution < 1.29 is 34.4 Å². The van der Waals surface area contributed by atoms with Crippen LogP contribution in [0.5, 0.6) is 0 Å². The third-order valence-corrected chi connectivity index (χ3v) is 10.7. The van der Waals surface area contributed by atoms with Crippen LogP contribution in [-0.4, -0.2) is 56.7 Å². The molecule has 9 atom stereocenters. The lowest BCUT2D eigenvalue weighted by molar-refractivity contribution is -0.212. The molecule has 4 fully saturated rings. The van der Waals surface area contributed by atoms with Gasteiger partial charge in [-0.2, -0.15) is 0 Å². The van der Waals surface area contributed by atoms with Crippen molar-refractivity contribution in [2.45, 2.75) is 71.4 Å². The normalized spacial score (nSPS) is 53.6. The zero-order chi connectivity index (χ0) is 22.9. The number of rotatable bonds is 2. The summed E-state index contributed by atoms with van der Waals surface area (Å²) in [7, 11) is 0. The molecule has 0 aromatic carbocycles. The van der Waals surface area contributed by atoms with E-state index in [4.69, 9.17) is 0 Å². The summed E-state index contributed by atoms with van der Waals surface area (Å²) in [6.07, 6.45) is -0.379. The number of allylic oxidation sites excluding steroid dienone is 1. The third kappa shape index (κ3) is 2.17. The second-order valence-electron chi connectivity index (χ2n) is 12.0. The summed E-state index contributed by atoms with van der Waals surface area (Å²) in [4.78, 5) is 25.2. The summed E-state index contributed by atoms with van der Waals surface area (Å²) >= 11 is 0. The number of aliphatic hydroxyl groups excluding tert-OH is 2. The Hall–Kier alpha value is -1.15. The highest BCUT2D eigenvalue weighted by Gasteiger charge is 2.87. The highest BCUT2D eigenvalue weighted by Crippen LogP contribution is 2.87. The van der Waals surface area contributed by atoms with Gasteiger partial charge in [-0.15, -0.1) is 0 Å². The molecule has 4 saturated carbocycles. The average Bonchev–Trinajstić information content (AvgIpc) is 2.98. The highest BCUT2D eigenvalue weighted by molar-refractivity contribution is 5.97. The van der Waals surface area contributed by atoms with Gasteiger partial charge in [0.25, 0.3) is 0 Å². The molecule has 0 spiro atoms. The van der Waals surface area contributed by atoms with Crippen LogP contribution in [0.15, 0.2) is 11.6 Å². The number of carbonyl (C=O) groups excluding carboxylic acids is 2. The summed E-state index contributed by atoms with van der Waals surface area (Å²) in [5.74, 6) is -4.30. The fourth-order valence-corrected chi connectivity index (χ4v) is 9.79. The van der Waals surface area contributed by atoms with Crippen LogP contribution in [-0.2, 0) is 9.59 Å². The second-order valence-corrected chi connectivity index (χ2v) is 12.0. The van der Waals surface area contributed by atoms with Gasteiger partial charge in [-0.25, -0.2) is 4.39 Å². The smallest absolute Gasteiger partial charge is 0.228 e. The van der Waals surface area contributed by atoms with E-state index in [9.17, 15) is 30.0 Å². The van der Waals surface area contributed by atoms with Gasteiger partial charge in [0.15, 0.2) is 5.78 Å². The van der Waals surface area contributed by atoms with Crippen molar-refractivity contribution in [3.63, 3.8) is 0 Å². The SMILES string of the molecule is CC1(C)[C@@H]2C[C@H]3[C@@H]4C[C@H](F)C5=CC(=O)C(O)(O)C[C@]5(C)[C@H]4[C@@H](O)C[C@]3(C)[C@@]21C(=O)CO. The predicted molar refractivity (Wildman–Crippen MR) is 108 cm³/mol. The van der Waals surface area contributed by atoms with Crippen LogP contribution in [0.2, 0.25) is 0 Å². The van der Waals surface area contributed by atoms with Crippen LogP contribution in [0.3, 0.4) is 0 Å². The number of alkyl halides is 1. The van der Waals surface area contributed by atoms with Gasteiger partial charge in [-0.1, -0.05) is 27.7 Å². The molecule has 0 aromatic heterocycles. The number of aliphatic hydroxyl groups is 4. The van der Waals surface area contributed by atoms with Crippen LogP contribution < -0.4 is 0 Å². The Morgan fingerprint density at radius 2 is 1.84 bits per heavy atom. The van der Waals surface area contributed by atoms with Gasteiger partial charge in [0.1, 0.15) is 12.8 Å². The fraction of sp³-hybridized carbons (Fsp3) is 0.833. The van der Waals surface area contributed by atoms with Crippen LogP contribution >= 0.6 is 0 Å². The molecule has 0 saturated heterocycles. The Bertz CT molecular complexity index is 910. The number of fused-ring (bicyclic) bond motifs is 7.